The smallest absolute Gasteiger partial charge is 0.138 e. The summed E-state index contributed by atoms with van der Waals surface area (Å²) in [6, 6.07) is 4.96. The van der Waals surface area contributed by atoms with E-state index in [9.17, 15) is 4.39 Å². The van der Waals surface area contributed by atoms with E-state index in [0.29, 0.717) is 11.7 Å². The van der Waals surface area contributed by atoms with Gasteiger partial charge in [0.05, 0.1) is 11.7 Å². The van der Waals surface area contributed by atoms with E-state index in [-0.39, 0.29) is 12.4 Å². The van der Waals surface area contributed by atoms with E-state index in [0.717, 1.165) is 36.5 Å². The molecule has 102 valence electrons. The van der Waals surface area contributed by atoms with E-state index in [1.54, 1.807) is 23.9 Å². The number of aliphatic hydroxyl groups excluding tert-OH is 1. The van der Waals surface area contributed by atoms with Gasteiger partial charge in [-0.15, -0.1) is 0 Å². The SMILES string of the molecule is OCC#Cc1cc(CSCC2CCCO2)ccc1F. The van der Waals surface area contributed by atoms with Gasteiger partial charge >= 0.3 is 0 Å². The maximum Gasteiger partial charge on any atom is 0.138 e. The first-order chi connectivity index (χ1) is 9.29. The number of thioether (sulfide) groups is 1. The molecule has 0 bridgehead atoms. The van der Waals surface area contributed by atoms with Gasteiger partial charge in [-0.05, 0) is 30.5 Å². The van der Waals surface area contributed by atoms with Crippen LogP contribution in [0.15, 0.2) is 18.2 Å². The maximum atomic E-state index is 13.4. The highest BCUT2D eigenvalue weighted by Gasteiger charge is 2.15. The molecule has 0 saturated carbocycles. The number of rotatable bonds is 4. The fraction of sp³-hybridized carbons (Fsp3) is 0.467. The molecule has 1 atom stereocenters. The number of benzene rings is 1. The molecule has 0 spiro atoms. The molecule has 1 aromatic rings. The lowest BCUT2D eigenvalue weighted by atomic mass is 10.1. The minimum absolute atomic E-state index is 0.253. The van der Waals surface area contributed by atoms with Gasteiger partial charge in [-0.2, -0.15) is 11.8 Å². The molecule has 1 N–H and O–H groups in total. The molecule has 1 fully saturated rings. The van der Waals surface area contributed by atoms with Gasteiger partial charge in [0.25, 0.3) is 0 Å². The first kappa shape index (κ1) is 14.4. The molecule has 2 nitrogen and oxygen atoms in total. The molecule has 1 aliphatic rings. The summed E-state index contributed by atoms with van der Waals surface area (Å²) in [5.41, 5.74) is 1.40. The standard InChI is InChI=1S/C15H17FO2S/c16-15-6-5-12(9-13(15)3-1-7-17)10-19-11-14-4-2-8-18-14/h5-6,9,14,17H,2,4,7-8,10-11H2. The van der Waals surface area contributed by atoms with E-state index >= 15 is 0 Å². The van der Waals surface area contributed by atoms with E-state index in [1.165, 1.54) is 6.07 Å². The maximum absolute atomic E-state index is 13.4. The highest BCUT2D eigenvalue weighted by molar-refractivity contribution is 7.98. The van der Waals surface area contributed by atoms with Crippen molar-refractivity contribution < 1.29 is 14.2 Å². The van der Waals surface area contributed by atoms with Gasteiger partial charge in [-0.3, -0.25) is 0 Å². The Bertz CT molecular complexity index is 473. The fourth-order valence-electron chi connectivity index (χ4n) is 1.98. The third-order valence-corrected chi connectivity index (χ3v) is 4.07. The first-order valence-corrected chi connectivity index (χ1v) is 7.52. The molecule has 0 amide bonds. The molecule has 0 radical (unpaired) electrons. The van der Waals surface area contributed by atoms with Crippen LogP contribution in [0.1, 0.15) is 24.0 Å². The van der Waals surface area contributed by atoms with Crippen molar-refractivity contribution in [2.45, 2.75) is 24.7 Å². The lowest BCUT2D eigenvalue weighted by Gasteiger charge is -2.08. The van der Waals surface area contributed by atoms with Gasteiger partial charge in [0.15, 0.2) is 0 Å². The zero-order valence-corrected chi connectivity index (χ0v) is 11.5. The Morgan fingerprint density at radius 2 is 2.37 bits per heavy atom. The molecule has 2 rings (SSSR count). The molecule has 1 saturated heterocycles. The van der Waals surface area contributed by atoms with Gasteiger partial charge in [0.1, 0.15) is 12.4 Å². The number of aliphatic hydroxyl groups is 1. The molecule has 1 heterocycles. The van der Waals surface area contributed by atoms with Crippen LogP contribution in [-0.2, 0) is 10.5 Å². The number of hydrogen-bond acceptors (Lipinski definition) is 3. The van der Waals surface area contributed by atoms with Crippen molar-refractivity contribution in [1.29, 1.82) is 0 Å². The molecular weight excluding hydrogens is 263 g/mol. The zero-order chi connectivity index (χ0) is 13.5. The van der Waals surface area contributed by atoms with Crippen LogP contribution in [0.5, 0.6) is 0 Å². The summed E-state index contributed by atoms with van der Waals surface area (Å²) >= 11 is 1.80. The Kier molecular flexibility index (Phi) is 5.71. The highest BCUT2D eigenvalue weighted by Crippen LogP contribution is 2.21. The minimum Gasteiger partial charge on any atom is -0.384 e. The summed E-state index contributed by atoms with van der Waals surface area (Å²) in [6.07, 6.45) is 2.67. The van der Waals surface area contributed by atoms with Crippen molar-refractivity contribution in [1.82, 2.24) is 0 Å². The average molecular weight is 280 g/mol. The zero-order valence-electron chi connectivity index (χ0n) is 10.7. The van der Waals surface area contributed by atoms with Crippen molar-refractivity contribution in [2.75, 3.05) is 19.0 Å². The van der Waals surface area contributed by atoms with E-state index in [4.69, 9.17) is 9.84 Å². The quantitative estimate of drug-likeness (QED) is 0.860. The van der Waals surface area contributed by atoms with Gasteiger partial charge in [0, 0.05) is 18.1 Å². The van der Waals surface area contributed by atoms with Crippen molar-refractivity contribution in [3.8, 4) is 11.8 Å². The number of halogens is 1. The van der Waals surface area contributed by atoms with Gasteiger partial charge in [0.2, 0.25) is 0 Å². The second-order valence-corrected chi connectivity index (χ2v) is 5.45. The Morgan fingerprint density at radius 3 is 3.11 bits per heavy atom. The lowest BCUT2D eigenvalue weighted by molar-refractivity contribution is 0.129. The molecule has 0 aromatic heterocycles. The molecule has 0 aliphatic carbocycles. The number of ether oxygens (including phenoxy) is 1. The fourth-order valence-corrected chi connectivity index (χ4v) is 3.04. The largest absolute Gasteiger partial charge is 0.384 e. The number of hydrogen-bond donors (Lipinski definition) is 1. The second-order valence-electron chi connectivity index (χ2n) is 4.42. The van der Waals surface area contributed by atoms with Gasteiger partial charge < -0.3 is 9.84 Å². The average Bonchev–Trinajstić information content (AvgIpc) is 2.92. The van der Waals surface area contributed by atoms with Crippen molar-refractivity contribution >= 4 is 11.8 Å². The Balaban J connectivity index is 1.89. The van der Waals surface area contributed by atoms with E-state index in [2.05, 4.69) is 11.8 Å². The third kappa shape index (κ3) is 4.54. The van der Waals surface area contributed by atoms with Crippen LogP contribution in [0.2, 0.25) is 0 Å². The summed E-state index contributed by atoms with van der Waals surface area (Å²) in [6.45, 7) is 0.625. The van der Waals surface area contributed by atoms with Crippen molar-refractivity contribution in [3.05, 3.63) is 35.1 Å². The molecule has 1 aliphatic heterocycles. The predicted octanol–water partition coefficient (Wildman–Crippen LogP) is 2.58. The summed E-state index contributed by atoms with van der Waals surface area (Å²) in [7, 11) is 0. The molecule has 4 heteroatoms. The summed E-state index contributed by atoms with van der Waals surface area (Å²) < 4.78 is 19.0. The first-order valence-electron chi connectivity index (χ1n) is 6.37. The highest BCUT2D eigenvalue weighted by atomic mass is 32.2. The van der Waals surface area contributed by atoms with Crippen LogP contribution < -0.4 is 0 Å². The van der Waals surface area contributed by atoms with Gasteiger partial charge in [-0.25, -0.2) is 4.39 Å². The van der Waals surface area contributed by atoms with Crippen LogP contribution in [0.4, 0.5) is 4.39 Å². The molecule has 1 unspecified atom stereocenters. The van der Waals surface area contributed by atoms with E-state index < -0.39 is 0 Å². The van der Waals surface area contributed by atoms with Crippen molar-refractivity contribution in [3.63, 3.8) is 0 Å². The summed E-state index contributed by atoms with van der Waals surface area (Å²) in [4.78, 5) is 0. The van der Waals surface area contributed by atoms with Crippen LogP contribution >= 0.6 is 11.8 Å². The van der Waals surface area contributed by atoms with Crippen LogP contribution in [0.25, 0.3) is 0 Å². The Hall–Kier alpha value is -1.02. The Labute approximate surface area is 117 Å². The normalized spacial score (nSPS) is 18.1. The van der Waals surface area contributed by atoms with E-state index in [1.807, 2.05) is 0 Å². The topological polar surface area (TPSA) is 29.5 Å². The Morgan fingerprint density at radius 1 is 1.47 bits per heavy atom. The monoisotopic (exact) mass is 280 g/mol. The molecule has 1 aromatic carbocycles. The summed E-state index contributed by atoms with van der Waals surface area (Å²) in [5.74, 6) is 6.57. The van der Waals surface area contributed by atoms with Crippen LogP contribution in [-0.4, -0.2) is 30.2 Å². The van der Waals surface area contributed by atoms with Gasteiger partial charge in [-0.1, -0.05) is 17.9 Å². The van der Waals surface area contributed by atoms with Crippen molar-refractivity contribution in [2.24, 2.45) is 0 Å². The third-order valence-electron chi connectivity index (χ3n) is 2.93. The summed E-state index contributed by atoms with van der Waals surface area (Å²) in [5, 5.41) is 8.64. The lowest BCUT2D eigenvalue weighted by Crippen LogP contribution is -2.07. The van der Waals surface area contributed by atoms with Crippen LogP contribution in [0, 0.1) is 17.7 Å². The molecule has 19 heavy (non-hydrogen) atoms. The molecular formula is C15H17FO2S. The van der Waals surface area contributed by atoms with Crippen LogP contribution in [0.3, 0.4) is 0 Å². The predicted molar refractivity (Wildman–Crippen MR) is 75.5 cm³/mol. The second kappa shape index (κ2) is 7.54. The minimum atomic E-state index is -0.339.